The normalized spacial score (nSPS) is 12.2. The fourth-order valence-corrected chi connectivity index (χ4v) is 2.83. The van der Waals surface area contributed by atoms with E-state index in [9.17, 15) is 0 Å². The average Bonchev–Trinajstić information content (AvgIpc) is 3.00. The van der Waals surface area contributed by atoms with Gasteiger partial charge in [-0.2, -0.15) is 11.3 Å². The zero-order valence-electron chi connectivity index (χ0n) is 11.8. The zero-order valence-corrected chi connectivity index (χ0v) is 12.6. The predicted octanol–water partition coefficient (Wildman–Crippen LogP) is 2.90. The van der Waals surface area contributed by atoms with Crippen LogP contribution in [0.3, 0.4) is 0 Å². The van der Waals surface area contributed by atoms with Gasteiger partial charge in [-0.25, -0.2) is 0 Å². The van der Waals surface area contributed by atoms with Gasteiger partial charge in [-0.3, -0.25) is 11.3 Å². The number of nitrogens with one attached hydrogen (secondary N) is 1. The summed E-state index contributed by atoms with van der Waals surface area (Å²) in [5.74, 6) is 7.24. The Hall–Kier alpha value is -1.56. The summed E-state index contributed by atoms with van der Waals surface area (Å²) in [4.78, 5) is 0. The highest BCUT2D eigenvalue weighted by molar-refractivity contribution is 7.07. The minimum Gasteiger partial charge on any atom is -0.497 e. The molecule has 0 aliphatic rings. The highest BCUT2D eigenvalue weighted by Gasteiger charge is 2.13. The van der Waals surface area contributed by atoms with Crippen molar-refractivity contribution in [1.29, 1.82) is 0 Å². The van der Waals surface area contributed by atoms with Crippen LogP contribution in [-0.2, 0) is 6.42 Å². The molecule has 108 valence electrons. The van der Waals surface area contributed by atoms with E-state index < -0.39 is 0 Å². The molecule has 20 heavy (non-hydrogen) atoms. The van der Waals surface area contributed by atoms with Gasteiger partial charge < -0.3 is 9.47 Å². The number of nitrogens with two attached hydrogens (primary N) is 1. The van der Waals surface area contributed by atoms with E-state index in [0.29, 0.717) is 0 Å². The first-order valence-corrected chi connectivity index (χ1v) is 7.41. The van der Waals surface area contributed by atoms with Crippen LogP contribution in [0.2, 0.25) is 0 Å². The first kappa shape index (κ1) is 14.8. The zero-order chi connectivity index (χ0) is 14.4. The number of thiophene rings is 1. The van der Waals surface area contributed by atoms with Crippen LogP contribution in [0, 0.1) is 0 Å². The molecule has 3 N–H and O–H groups in total. The molecule has 4 nitrogen and oxygen atoms in total. The van der Waals surface area contributed by atoms with Crippen LogP contribution >= 0.6 is 11.3 Å². The lowest BCUT2D eigenvalue weighted by atomic mass is 10.00. The minimum absolute atomic E-state index is 0.0684. The monoisotopic (exact) mass is 292 g/mol. The van der Waals surface area contributed by atoms with E-state index in [2.05, 4.69) is 22.3 Å². The molecule has 5 heteroatoms. The average molecular weight is 292 g/mol. The molecular formula is C15H20N2O2S. The Morgan fingerprint density at radius 1 is 1.20 bits per heavy atom. The number of rotatable bonds is 7. The van der Waals surface area contributed by atoms with Crippen molar-refractivity contribution in [3.05, 3.63) is 46.2 Å². The van der Waals surface area contributed by atoms with Gasteiger partial charge in [0, 0.05) is 12.1 Å². The van der Waals surface area contributed by atoms with Gasteiger partial charge in [-0.1, -0.05) is 0 Å². The molecule has 0 bridgehead atoms. The molecule has 0 saturated carbocycles. The van der Waals surface area contributed by atoms with Crippen LogP contribution < -0.4 is 20.7 Å². The Bertz CT molecular complexity index is 506. The van der Waals surface area contributed by atoms with E-state index in [1.54, 1.807) is 25.6 Å². The number of aryl methyl sites for hydroxylation is 1. The first-order valence-electron chi connectivity index (χ1n) is 6.47. The highest BCUT2D eigenvalue weighted by atomic mass is 32.1. The van der Waals surface area contributed by atoms with E-state index >= 15 is 0 Å². The fourth-order valence-electron chi connectivity index (χ4n) is 2.12. The largest absolute Gasteiger partial charge is 0.497 e. The van der Waals surface area contributed by atoms with Gasteiger partial charge >= 0.3 is 0 Å². The summed E-state index contributed by atoms with van der Waals surface area (Å²) >= 11 is 1.72. The molecule has 0 aliphatic carbocycles. The second kappa shape index (κ2) is 7.28. The fraction of sp³-hybridized carbons (Fsp3) is 0.333. The van der Waals surface area contributed by atoms with Crippen LogP contribution in [0.25, 0.3) is 0 Å². The van der Waals surface area contributed by atoms with Crippen LogP contribution in [0.4, 0.5) is 0 Å². The number of hydrogen-bond donors (Lipinski definition) is 2. The maximum Gasteiger partial charge on any atom is 0.122 e. The molecule has 0 radical (unpaired) electrons. The molecule has 0 amide bonds. The van der Waals surface area contributed by atoms with Crippen molar-refractivity contribution in [3.8, 4) is 11.5 Å². The summed E-state index contributed by atoms with van der Waals surface area (Å²) in [7, 11) is 3.30. The molecule has 1 atom stereocenters. The smallest absolute Gasteiger partial charge is 0.122 e. The van der Waals surface area contributed by atoms with Crippen molar-refractivity contribution in [2.75, 3.05) is 14.2 Å². The molecule has 0 fully saturated rings. The van der Waals surface area contributed by atoms with Crippen molar-refractivity contribution in [3.63, 3.8) is 0 Å². The summed E-state index contributed by atoms with van der Waals surface area (Å²) < 4.78 is 10.6. The maximum atomic E-state index is 5.70. The quantitative estimate of drug-likeness (QED) is 0.608. The molecule has 0 saturated heterocycles. The molecule has 1 unspecified atom stereocenters. The number of ether oxygens (including phenoxy) is 2. The minimum atomic E-state index is 0.0684. The highest BCUT2D eigenvalue weighted by Crippen LogP contribution is 2.28. The Labute approximate surface area is 123 Å². The lowest BCUT2D eigenvalue weighted by Gasteiger charge is -2.18. The van der Waals surface area contributed by atoms with E-state index in [-0.39, 0.29) is 6.04 Å². The molecule has 2 rings (SSSR count). The van der Waals surface area contributed by atoms with Crippen molar-refractivity contribution in [1.82, 2.24) is 5.43 Å². The van der Waals surface area contributed by atoms with Gasteiger partial charge in [0.1, 0.15) is 11.5 Å². The van der Waals surface area contributed by atoms with Gasteiger partial charge in [0.15, 0.2) is 0 Å². The van der Waals surface area contributed by atoms with Crippen molar-refractivity contribution < 1.29 is 9.47 Å². The van der Waals surface area contributed by atoms with Gasteiger partial charge in [0.25, 0.3) is 0 Å². The number of benzene rings is 1. The Kier molecular flexibility index (Phi) is 5.40. The number of methoxy groups -OCH3 is 2. The van der Waals surface area contributed by atoms with Crippen LogP contribution in [0.5, 0.6) is 11.5 Å². The van der Waals surface area contributed by atoms with Crippen LogP contribution in [0.15, 0.2) is 35.0 Å². The molecule has 1 aromatic heterocycles. The molecular weight excluding hydrogens is 272 g/mol. The Morgan fingerprint density at radius 3 is 2.40 bits per heavy atom. The third-order valence-electron chi connectivity index (χ3n) is 3.28. The molecule has 2 aromatic rings. The third kappa shape index (κ3) is 3.72. The molecule has 1 aromatic carbocycles. The molecule has 1 heterocycles. The SMILES string of the molecule is COc1cc(OC)cc(C(CCc2ccsc2)NN)c1. The molecule has 0 spiro atoms. The topological polar surface area (TPSA) is 56.5 Å². The van der Waals surface area contributed by atoms with E-state index in [4.69, 9.17) is 15.3 Å². The number of hydrazine groups is 1. The summed E-state index contributed by atoms with van der Waals surface area (Å²) in [5.41, 5.74) is 5.28. The summed E-state index contributed by atoms with van der Waals surface area (Å²) in [6.45, 7) is 0. The molecule has 0 aliphatic heterocycles. The van der Waals surface area contributed by atoms with Gasteiger partial charge in [-0.05, 0) is 52.9 Å². The summed E-state index contributed by atoms with van der Waals surface area (Å²) in [5, 5.41) is 4.26. The van der Waals surface area contributed by atoms with Gasteiger partial charge in [0.2, 0.25) is 0 Å². The maximum absolute atomic E-state index is 5.70. The second-order valence-electron chi connectivity index (χ2n) is 4.54. The van der Waals surface area contributed by atoms with Crippen LogP contribution in [0.1, 0.15) is 23.6 Å². The first-order chi connectivity index (χ1) is 9.76. The Balaban J connectivity index is 2.13. The lowest BCUT2D eigenvalue weighted by Crippen LogP contribution is -2.28. The Morgan fingerprint density at radius 2 is 1.90 bits per heavy atom. The number of hydrogen-bond acceptors (Lipinski definition) is 5. The van der Waals surface area contributed by atoms with E-state index in [0.717, 1.165) is 29.9 Å². The lowest BCUT2D eigenvalue weighted by molar-refractivity contribution is 0.391. The van der Waals surface area contributed by atoms with Crippen molar-refractivity contribution in [2.24, 2.45) is 5.84 Å². The van der Waals surface area contributed by atoms with E-state index in [1.807, 2.05) is 18.2 Å². The summed E-state index contributed by atoms with van der Waals surface area (Å²) in [6.07, 6.45) is 1.90. The van der Waals surface area contributed by atoms with Crippen molar-refractivity contribution in [2.45, 2.75) is 18.9 Å². The predicted molar refractivity (Wildman–Crippen MR) is 82.3 cm³/mol. The third-order valence-corrected chi connectivity index (χ3v) is 4.01. The van der Waals surface area contributed by atoms with Crippen molar-refractivity contribution >= 4 is 11.3 Å². The van der Waals surface area contributed by atoms with Gasteiger partial charge in [0.05, 0.1) is 14.2 Å². The summed E-state index contributed by atoms with van der Waals surface area (Å²) in [6, 6.07) is 8.04. The van der Waals surface area contributed by atoms with Gasteiger partial charge in [-0.15, -0.1) is 0 Å². The van der Waals surface area contributed by atoms with Crippen LogP contribution in [-0.4, -0.2) is 14.2 Å². The standard InChI is InChI=1S/C15H20N2O2S/c1-18-13-7-12(8-14(9-13)19-2)15(17-16)4-3-11-5-6-20-10-11/h5-10,15,17H,3-4,16H2,1-2H3. The second-order valence-corrected chi connectivity index (χ2v) is 5.32. The van der Waals surface area contributed by atoms with E-state index in [1.165, 1.54) is 5.56 Å².